The fourth-order valence-electron chi connectivity index (χ4n) is 2.90. The Morgan fingerprint density at radius 2 is 2.31 bits per heavy atom. The highest BCUT2D eigenvalue weighted by atomic mass is 16.5. The molecule has 0 spiro atoms. The quantitative estimate of drug-likeness (QED) is 0.774. The van der Waals surface area contributed by atoms with Crippen LogP contribution in [-0.4, -0.2) is 49.3 Å². The molecule has 16 heavy (non-hydrogen) atoms. The van der Waals surface area contributed by atoms with Gasteiger partial charge >= 0.3 is 0 Å². The fourth-order valence-corrected chi connectivity index (χ4v) is 2.90. The second-order valence-corrected chi connectivity index (χ2v) is 5.49. The van der Waals surface area contributed by atoms with Gasteiger partial charge in [-0.3, -0.25) is 4.90 Å². The van der Waals surface area contributed by atoms with Crippen LogP contribution in [-0.2, 0) is 4.74 Å². The Kier molecular flexibility index (Phi) is 4.22. The van der Waals surface area contributed by atoms with E-state index in [2.05, 4.69) is 24.1 Å². The molecule has 94 valence electrons. The Bertz CT molecular complexity index is 214. The first-order chi connectivity index (χ1) is 7.74. The summed E-state index contributed by atoms with van der Waals surface area (Å²) in [4.78, 5) is 2.67. The SMILES string of the molecule is CCC1CCN(C2(C)CCOC2)CCCN1. The van der Waals surface area contributed by atoms with E-state index in [4.69, 9.17) is 4.74 Å². The first kappa shape index (κ1) is 12.3. The van der Waals surface area contributed by atoms with Gasteiger partial charge in [0.1, 0.15) is 0 Å². The second-order valence-electron chi connectivity index (χ2n) is 5.49. The summed E-state index contributed by atoms with van der Waals surface area (Å²) < 4.78 is 5.58. The molecule has 0 aromatic carbocycles. The van der Waals surface area contributed by atoms with Gasteiger partial charge in [0.05, 0.1) is 6.61 Å². The predicted molar refractivity (Wildman–Crippen MR) is 66.7 cm³/mol. The molecule has 3 heteroatoms. The molecule has 1 N–H and O–H groups in total. The molecule has 0 bridgehead atoms. The van der Waals surface area contributed by atoms with E-state index >= 15 is 0 Å². The Balaban J connectivity index is 1.92. The first-order valence-electron chi connectivity index (χ1n) is 6.81. The van der Waals surface area contributed by atoms with Crippen LogP contribution < -0.4 is 5.32 Å². The van der Waals surface area contributed by atoms with Gasteiger partial charge in [-0.05, 0) is 45.7 Å². The molecule has 2 saturated heterocycles. The molecule has 2 unspecified atom stereocenters. The molecule has 0 radical (unpaired) electrons. The molecule has 3 nitrogen and oxygen atoms in total. The van der Waals surface area contributed by atoms with Crippen LogP contribution >= 0.6 is 0 Å². The van der Waals surface area contributed by atoms with Gasteiger partial charge in [0.2, 0.25) is 0 Å². The highest BCUT2D eigenvalue weighted by Crippen LogP contribution is 2.26. The molecule has 0 aromatic rings. The fraction of sp³-hybridized carbons (Fsp3) is 1.00. The van der Waals surface area contributed by atoms with E-state index in [0.29, 0.717) is 11.6 Å². The van der Waals surface area contributed by atoms with Crippen LogP contribution in [0.2, 0.25) is 0 Å². The van der Waals surface area contributed by atoms with Crippen molar-refractivity contribution in [2.75, 3.05) is 32.8 Å². The van der Waals surface area contributed by atoms with Gasteiger partial charge in [-0.25, -0.2) is 0 Å². The summed E-state index contributed by atoms with van der Waals surface area (Å²) in [5, 5.41) is 3.64. The minimum atomic E-state index is 0.315. The third kappa shape index (κ3) is 2.76. The smallest absolute Gasteiger partial charge is 0.0648 e. The van der Waals surface area contributed by atoms with Crippen molar-refractivity contribution in [2.24, 2.45) is 0 Å². The van der Waals surface area contributed by atoms with Crippen molar-refractivity contribution in [2.45, 2.75) is 51.1 Å². The lowest BCUT2D eigenvalue weighted by atomic mass is 9.96. The molecule has 0 aromatic heterocycles. The summed E-state index contributed by atoms with van der Waals surface area (Å²) >= 11 is 0. The van der Waals surface area contributed by atoms with E-state index in [-0.39, 0.29) is 0 Å². The van der Waals surface area contributed by atoms with E-state index < -0.39 is 0 Å². The van der Waals surface area contributed by atoms with Crippen molar-refractivity contribution in [1.82, 2.24) is 10.2 Å². The Morgan fingerprint density at radius 1 is 1.44 bits per heavy atom. The number of ether oxygens (including phenoxy) is 1. The molecule has 0 saturated carbocycles. The highest BCUT2D eigenvalue weighted by molar-refractivity contribution is 4.91. The average molecular weight is 226 g/mol. The molecule has 2 aliphatic rings. The predicted octanol–water partition coefficient (Wildman–Crippen LogP) is 1.63. The summed E-state index contributed by atoms with van der Waals surface area (Å²) in [5.74, 6) is 0. The van der Waals surface area contributed by atoms with Gasteiger partial charge in [-0.2, -0.15) is 0 Å². The van der Waals surface area contributed by atoms with Crippen molar-refractivity contribution >= 4 is 0 Å². The molecule has 2 aliphatic heterocycles. The molecule has 2 rings (SSSR count). The third-order valence-corrected chi connectivity index (χ3v) is 4.24. The molecule has 2 atom stereocenters. The standard InChI is InChI=1S/C13H26N2O/c1-3-12-5-9-15(8-4-7-14-12)13(2)6-10-16-11-13/h12,14H,3-11H2,1-2H3. The zero-order valence-corrected chi connectivity index (χ0v) is 10.8. The average Bonchev–Trinajstić information content (AvgIpc) is 2.66. The lowest BCUT2D eigenvalue weighted by Crippen LogP contribution is -2.51. The normalized spacial score (nSPS) is 38.2. The van der Waals surface area contributed by atoms with Gasteiger partial charge in [-0.1, -0.05) is 6.92 Å². The molecule has 2 fully saturated rings. The number of nitrogens with one attached hydrogen (secondary N) is 1. The topological polar surface area (TPSA) is 24.5 Å². The summed E-state index contributed by atoms with van der Waals surface area (Å²) in [6.07, 6.45) is 5.01. The van der Waals surface area contributed by atoms with Crippen molar-refractivity contribution in [3.63, 3.8) is 0 Å². The van der Waals surface area contributed by atoms with E-state index in [0.717, 1.165) is 13.2 Å². The van der Waals surface area contributed by atoms with Crippen molar-refractivity contribution in [1.29, 1.82) is 0 Å². The highest BCUT2D eigenvalue weighted by Gasteiger charge is 2.36. The number of hydrogen-bond donors (Lipinski definition) is 1. The van der Waals surface area contributed by atoms with Crippen molar-refractivity contribution < 1.29 is 4.74 Å². The van der Waals surface area contributed by atoms with Gasteiger partial charge in [0, 0.05) is 24.7 Å². The Morgan fingerprint density at radius 3 is 3.00 bits per heavy atom. The van der Waals surface area contributed by atoms with Gasteiger partial charge in [0.25, 0.3) is 0 Å². The lowest BCUT2D eigenvalue weighted by molar-refractivity contribution is 0.0693. The minimum absolute atomic E-state index is 0.315. The zero-order valence-electron chi connectivity index (χ0n) is 10.8. The lowest BCUT2D eigenvalue weighted by Gasteiger charge is -2.39. The maximum atomic E-state index is 5.58. The van der Waals surface area contributed by atoms with E-state index in [9.17, 15) is 0 Å². The molecule has 0 aliphatic carbocycles. The van der Waals surface area contributed by atoms with Crippen LogP contribution in [0, 0.1) is 0 Å². The Labute approximate surface area is 99.5 Å². The van der Waals surface area contributed by atoms with Crippen LogP contribution in [0.1, 0.15) is 39.5 Å². The van der Waals surface area contributed by atoms with Gasteiger partial charge in [-0.15, -0.1) is 0 Å². The number of nitrogens with zero attached hydrogens (tertiary/aromatic N) is 1. The maximum absolute atomic E-state index is 5.58. The summed E-state index contributed by atoms with van der Waals surface area (Å²) in [5.41, 5.74) is 0.315. The number of hydrogen-bond acceptors (Lipinski definition) is 3. The van der Waals surface area contributed by atoms with Crippen LogP contribution in [0.4, 0.5) is 0 Å². The molecular formula is C13H26N2O. The summed E-state index contributed by atoms with van der Waals surface area (Å²) in [7, 11) is 0. The number of rotatable bonds is 2. The maximum Gasteiger partial charge on any atom is 0.0648 e. The molecule has 2 heterocycles. The third-order valence-electron chi connectivity index (χ3n) is 4.24. The minimum Gasteiger partial charge on any atom is -0.379 e. The second kappa shape index (κ2) is 5.48. The molecular weight excluding hydrogens is 200 g/mol. The van der Waals surface area contributed by atoms with Crippen LogP contribution in [0.3, 0.4) is 0 Å². The van der Waals surface area contributed by atoms with Gasteiger partial charge < -0.3 is 10.1 Å². The monoisotopic (exact) mass is 226 g/mol. The summed E-state index contributed by atoms with van der Waals surface area (Å²) in [6.45, 7) is 10.2. The van der Waals surface area contributed by atoms with E-state index in [1.807, 2.05) is 0 Å². The van der Waals surface area contributed by atoms with Crippen molar-refractivity contribution in [3.05, 3.63) is 0 Å². The van der Waals surface area contributed by atoms with Crippen LogP contribution in [0.5, 0.6) is 0 Å². The van der Waals surface area contributed by atoms with Crippen LogP contribution in [0.15, 0.2) is 0 Å². The van der Waals surface area contributed by atoms with Gasteiger partial charge in [0.15, 0.2) is 0 Å². The van der Waals surface area contributed by atoms with Crippen molar-refractivity contribution in [3.8, 4) is 0 Å². The zero-order chi connectivity index (χ0) is 11.4. The Hall–Kier alpha value is -0.120. The largest absolute Gasteiger partial charge is 0.379 e. The first-order valence-corrected chi connectivity index (χ1v) is 6.81. The van der Waals surface area contributed by atoms with Crippen LogP contribution in [0.25, 0.3) is 0 Å². The van der Waals surface area contributed by atoms with E-state index in [1.165, 1.54) is 45.3 Å². The summed E-state index contributed by atoms with van der Waals surface area (Å²) in [6, 6.07) is 0.716. The molecule has 0 amide bonds. The van der Waals surface area contributed by atoms with E-state index in [1.54, 1.807) is 0 Å².